The van der Waals surface area contributed by atoms with E-state index in [4.69, 9.17) is 4.74 Å². The first kappa shape index (κ1) is 19.0. The van der Waals surface area contributed by atoms with Crippen LogP contribution in [-0.2, 0) is 16.0 Å². The van der Waals surface area contributed by atoms with Crippen LogP contribution in [0.4, 0.5) is 13.9 Å². The van der Waals surface area contributed by atoms with Gasteiger partial charge in [0.25, 0.3) is 0 Å². The smallest absolute Gasteiger partial charge is 0.233 e. The lowest BCUT2D eigenvalue weighted by molar-refractivity contribution is -0.118. The van der Waals surface area contributed by atoms with E-state index in [9.17, 15) is 13.6 Å². The monoisotopic (exact) mass is 402 g/mol. The molecule has 0 bridgehead atoms. The van der Waals surface area contributed by atoms with Gasteiger partial charge in [0.05, 0.1) is 23.8 Å². The van der Waals surface area contributed by atoms with Gasteiger partial charge in [-0.15, -0.1) is 0 Å². The molecule has 1 aliphatic heterocycles. The number of thiazole rings is 1. The summed E-state index contributed by atoms with van der Waals surface area (Å²) in [5.41, 5.74) is 2.10. The van der Waals surface area contributed by atoms with Crippen LogP contribution in [-0.4, -0.2) is 30.1 Å². The van der Waals surface area contributed by atoms with Crippen LogP contribution in [0.1, 0.15) is 24.0 Å². The second kappa shape index (κ2) is 7.93. The molecular weight excluding hydrogens is 382 g/mol. The van der Waals surface area contributed by atoms with E-state index in [-0.39, 0.29) is 23.9 Å². The third-order valence-corrected chi connectivity index (χ3v) is 5.85. The van der Waals surface area contributed by atoms with Gasteiger partial charge >= 0.3 is 0 Å². The molecule has 2 aromatic carbocycles. The van der Waals surface area contributed by atoms with Crippen LogP contribution < -0.4 is 4.90 Å². The van der Waals surface area contributed by atoms with Gasteiger partial charge < -0.3 is 4.74 Å². The number of carbonyl (C=O) groups is 1. The van der Waals surface area contributed by atoms with Crippen molar-refractivity contribution in [2.45, 2.75) is 32.3 Å². The van der Waals surface area contributed by atoms with Gasteiger partial charge in [-0.2, -0.15) is 0 Å². The van der Waals surface area contributed by atoms with E-state index in [1.165, 1.54) is 6.07 Å². The number of fused-ring (bicyclic) bond motifs is 1. The molecule has 1 fully saturated rings. The molecule has 7 heteroatoms. The van der Waals surface area contributed by atoms with Gasteiger partial charge in [-0.1, -0.05) is 41.2 Å². The number of hydrogen-bond donors (Lipinski definition) is 0. The molecule has 146 valence electrons. The highest BCUT2D eigenvalue weighted by Gasteiger charge is 2.27. The Kier molecular flexibility index (Phi) is 5.37. The number of aromatic nitrogens is 1. The summed E-state index contributed by atoms with van der Waals surface area (Å²) >= 11 is 1.12. The maximum Gasteiger partial charge on any atom is 0.233 e. The Balaban J connectivity index is 1.65. The second-order valence-corrected chi connectivity index (χ2v) is 8.04. The summed E-state index contributed by atoms with van der Waals surface area (Å²) in [6, 6.07) is 9.82. The first-order valence-electron chi connectivity index (χ1n) is 9.23. The Hall–Kier alpha value is -2.38. The number of ether oxygens (including phenoxy) is 1. The number of amides is 1. The second-order valence-electron chi connectivity index (χ2n) is 7.03. The molecule has 0 N–H and O–H groups in total. The van der Waals surface area contributed by atoms with E-state index in [0.717, 1.165) is 41.4 Å². The highest BCUT2D eigenvalue weighted by atomic mass is 32.1. The van der Waals surface area contributed by atoms with Gasteiger partial charge in [0.15, 0.2) is 10.9 Å². The predicted octanol–water partition coefficient (Wildman–Crippen LogP) is 4.64. The highest BCUT2D eigenvalue weighted by molar-refractivity contribution is 7.22. The number of nitrogens with zero attached hydrogens (tertiary/aromatic N) is 2. The fourth-order valence-electron chi connectivity index (χ4n) is 3.32. The third-order valence-electron chi connectivity index (χ3n) is 4.82. The van der Waals surface area contributed by atoms with Crippen LogP contribution in [0.25, 0.3) is 10.2 Å². The Labute approximate surface area is 165 Å². The van der Waals surface area contributed by atoms with Crippen LogP contribution in [0, 0.1) is 18.6 Å². The fraction of sp³-hybridized carbons (Fsp3) is 0.333. The average Bonchev–Trinajstić information content (AvgIpc) is 3.31. The molecule has 4 nitrogen and oxygen atoms in total. The maximum atomic E-state index is 14.1. The summed E-state index contributed by atoms with van der Waals surface area (Å²) in [4.78, 5) is 18.9. The summed E-state index contributed by atoms with van der Waals surface area (Å²) in [5, 5.41) is 0.368. The quantitative estimate of drug-likeness (QED) is 0.625. The number of rotatable bonds is 5. The zero-order valence-corrected chi connectivity index (χ0v) is 16.3. The molecule has 1 aromatic heterocycles. The molecular formula is C21H20F2N2O2S. The Morgan fingerprint density at radius 1 is 1.29 bits per heavy atom. The number of halogens is 2. The number of carbonyl (C=O) groups excluding carboxylic acids is 1. The summed E-state index contributed by atoms with van der Waals surface area (Å²) in [7, 11) is 0. The molecule has 0 radical (unpaired) electrons. The van der Waals surface area contributed by atoms with Crippen molar-refractivity contribution in [3.8, 4) is 0 Å². The van der Waals surface area contributed by atoms with Gasteiger partial charge in [-0.25, -0.2) is 13.8 Å². The van der Waals surface area contributed by atoms with E-state index in [2.05, 4.69) is 4.98 Å². The summed E-state index contributed by atoms with van der Waals surface area (Å²) < 4.78 is 33.7. The van der Waals surface area contributed by atoms with Crippen molar-refractivity contribution in [2.24, 2.45) is 0 Å². The summed E-state index contributed by atoms with van der Waals surface area (Å²) in [6.45, 7) is 3.02. The minimum Gasteiger partial charge on any atom is -0.376 e. The van der Waals surface area contributed by atoms with Crippen molar-refractivity contribution >= 4 is 32.6 Å². The summed E-state index contributed by atoms with van der Waals surface area (Å²) in [5.74, 6) is -1.52. The molecule has 0 spiro atoms. The Morgan fingerprint density at radius 3 is 2.79 bits per heavy atom. The van der Waals surface area contributed by atoms with Crippen molar-refractivity contribution in [3.63, 3.8) is 0 Å². The third kappa shape index (κ3) is 4.05. The molecule has 0 aliphatic carbocycles. The lowest BCUT2D eigenvalue weighted by Crippen LogP contribution is -2.38. The standard InChI is InChI=1S/C21H20F2N2O2S/c1-13-4-6-14(7-5-13)9-19(26)25(12-16-3-2-8-27-16)21-24-20-17(23)10-15(22)11-18(20)28-21/h4-7,10-11,16H,2-3,8-9,12H2,1H3. The molecule has 3 aromatic rings. The summed E-state index contributed by atoms with van der Waals surface area (Å²) in [6.07, 6.45) is 1.95. The van der Waals surface area contributed by atoms with Crippen LogP contribution >= 0.6 is 11.3 Å². The van der Waals surface area contributed by atoms with Crippen molar-refractivity contribution in [3.05, 3.63) is 59.2 Å². The molecule has 1 amide bonds. The van der Waals surface area contributed by atoms with Gasteiger partial charge in [0.2, 0.25) is 5.91 Å². The molecule has 0 saturated carbocycles. The average molecular weight is 402 g/mol. The zero-order chi connectivity index (χ0) is 19.7. The normalized spacial score (nSPS) is 16.6. The minimum atomic E-state index is -0.722. The first-order chi connectivity index (χ1) is 13.5. The fourth-order valence-corrected chi connectivity index (χ4v) is 4.35. The van der Waals surface area contributed by atoms with Gasteiger partial charge in [-0.05, 0) is 31.4 Å². The molecule has 2 heterocycles. The maximum absolute atomic E-state index is 14.1. The topological polar surface area (TPSA) is 42.4 Å². The molecule has 1 unspecified atom stereocenters. The molecule has 1 aliphatic rings. The minimum absolute atomic E-state index is 0.0736. The van der Waals surface area contributed by atoms with E-state index >= 15 is 0 Å². The van der Waals surface area contributed by atoms with Crippen molar-refractivity contribution < 1.29 is 18.3 Å². The number of hydrogen-bond acceptors (Lipinski definition) is 4. The number of benzene rings is 2. The Morgan fingerprint density at radius 2 is 2.07 bits per heavy atom. The van der Waals surface area contributed by atoms with Gasteiger partial charge in [0.1, 0.15) is 11.3 Å². The van der Waals surface area contributed by atoms with Crippen LogP contribution in [0.15, 0.2) is 36.4 Å². The molecule has 1 atom stereocenters. The number of aryl methyl sites for hydroxylation is 1. The SMILES string of the molecule is Cc1ccc(CC(=O)N(CC2CCCO2)c2nc3c(F)cc(F)cc3s2)cc1. The van der Waals surface area contributed by atoms with E-state index in [1.807, 2.05) is 31.2 Å². The van der Waals surface area contributed by atoms with Crippen molar-refractivity contribution in [1.29, 1.82) is 0 Å². The van der Waals surface area contributed by atoms with Crippen molar-refractivity contribution in [1.82, 2.24) is 4.98 Å². The molecule has 1 saturated heterocycles. The van der Waals surface area contributed by atoms with Crippen molar-refractivity contribution in [2.75, 3.05) is 18.1 Å². The van der Waals surface area contributed by atoms with Crippen LogP contribution in [0.5, 0.6) is 0 Å². The van der Waals surface area contributed by atoms with E-state index < -0.39 is 11.6 Å². The first-order valence-corrected chi connectivity index (χ1v) is 10.0. The van der Waals surface area contributed by atoms with Crippen LogP contribution in [0.2, 0.25) is 0 Å². The predicted molar refractivity (Wildman–Crippen MR) is 106 cm³/mol. The van der Waals surface area contributed by atoms with E-state index in [1.54, 1.807) is 4.90 Å². The lowest BCUT2D eigenvalue weighted by atomic mass is 10.1. The Bertz CT molecular complexity index is 998. The van der Waals surface area contributed by atoms with E-state index in [0.29, 0.717) is 23.0 Å². The largest absolute Gasteiger partial charge is 0.376 e. The molecule has 4 rings (SSSR count). The van der Waals surface area contributed by atoms with Gasteiger partial charge in [-0.3, -0.25) is 9.69 Å². The zero-order valence-electron chi connectivity index (χ0n) is 15.5. The lowest BCUT2D eigenvalue weighted by Gasteiger charge is -2.23. The highest BCUT2D eigenvalue weighted by Crippen LogP contribution is 2.32. The van der Waals surface area contributed by atoms with Gasteiger partial charge in [0, 0.05) is 12.7 Å². The van der Waals surface area contributed by atoms with Crippen LogP contribution in [0.3, 0.4) is 0 Å². The molecule has 28 heavy (non-hydrogen) atoms. The number of anilines is 1.